The third kappa shape index (κ3) is 3.12. The minimum Gasteiger partial charge on any atom is -0.335 e. The summed E-state index contributed by atoms with van der Waals surface area (Å²) in [6, 6.07) is 1.26. The number of hydrogen-bond acceptors (Lipinski definition) is 2. The highest BCUT2D eigenvalue weighted by molar-refractivity contribution is 5.75. The molecule has 4 heteroatoms. The van der Waals surface area contributed by atoms with Crippen molar-refractivity contribution in [1.29, 1.82) is 0 Å². The highest BCUT2D eigenvalue weighted by Crippen LogP contribution is 2.33. The Morgan fingerprint density at radius 3 is 2.53 bits per heavy atom. The molecule has 2 aliphatic carbocycles. The molecule has 0 radical (unpaired) electrons. The number of rotatable bonds is 3. The van der Waals surface area contributed by atoms with Crippen LogP contribution in [-0.4, -0.2) is 36.1 Å². The Hall–Kier alpha value is -0.770. The van der Waals surface area contributed by atoms with E-state index < -0.39 is 0 Å². The first-order chi connectivity index (χ1) is 8.11. The maximum absolute atomic E-state index is 12.0. The summed E-state index contributed by atoms with van der Waals surface area (Å²) < 4.78 is 0. The second-order valence-electron chi connectivity index (χ2n) is 5.64. The second-order valence-corrected chi connectivity index (χ2v) is 5.64. The van der Waals surface area contributed by atoms with Crippen molar-refractivity contribution < 1.29 is 4.79 Å². The zero-order valence-corrected chi connectivity index (χ0v) is 11.0. The average molecular weight is 239 g/mol. The number of amides is 2. The predicted molar refractivity (Wildman–Crippen MR) is 68.7 cm³/mol. The number of nitrogens with zero attached hydrogens (tertiary/aromatic N) is 1. The quantitative estimate of drug-likeness (QED) is 0.787. The van der Waals surface area contributed by atoms with Crippen LogP contribution in [0.3, 0.4) is 0 Å². The molecule has 0 aliphatic heterocycles. The zero-order chi connectivity index (χ0) is 12.4. The van der Waals surface area contributed by atoms with Crippen LogP contribution >= 0.6 is 0 Å². The summed E-state index contributed by atoms with van der Waals surface area (Å²) >= 11 is 0. The third-order valence-electron chi connectivity index (χ3n) is 4.37. The van der Waals surface area contributed by atoms with E-state index in [0.717, 1.165) is 32.1 Å². The van der Waals surface area contributed by atoms with Crippen molar-refractivity contribution in [2.45, 2.75) is 63.6 Å². The van der Waals surface area contributed by atoms with Crippen molar-refractivity contribution in [2.24, 2.45) is 11.7 Å². The van der Waals surface area contributed by atoms with E-state index >= 15 is 0 Å². The van der Waals surface area contributed by atoms with Gasteiger partial charge in [0.05, 0.1) is 0 Å². The summed E-state index contributed by atoms with van der Waals surface area (Å²) in [4.78, 5) is 13.9. The van der Waals surface area contributed by atoms with Crippen molar-refractivity contribution >= 4 is 6.03 Å². The fraction of sp³-hybridized carbons (Fsp3) is 0.923. The Balaban J connectivity index is 1.75. The van der Waals surface area contributed by atoms with E-state index in [1.807, 2.05) is 11.9 Å². The van der Waals surface area contributed by atoms with Crippen LogP contribution in [0.2, 0.25) is 0 Å². The molecule has 0 heterocycles. The summed E-state index contributed by atoms with van der Waals surface area (Å²) in [5.41, 5.74) is 5.88. The van der Waals surface area contributed by atoms with Crippen LogP contribution in [0.5, 0.6) is 0 Å². The molecule has 0 spiro atoms. The van der Waals surface area contributed by atoms with Crippen LogP contribution in [0.25, 0.3) is 0 Å². The lowest BCUT2D eigenvalue weighted by atomic mass is 9.91. The molecule has 0 aromatic heterocycles. The van der Waals surface area contributed by atoms with E-state index in [1.165, 1.54) is 6.42 Å². The molecular formula is C13H25N3O. The van der Waals surface area contributed by atoms with Crippen LogP contribution in [0, 0.1) is 5.92 Å². The van der Waals surface area contributed by atoms with Crippen molar-refractivity contribution in [3.63, 3.8) is 0 Å². The minimum absolute atomic E-state index is 0.103. The lowest BCUT2D eigenvalue weighted by Gasteiger charge is -2.33. The van der Waals surface area contributed by atoms with E-state index in [9.17, 15) is 4.79 Å². The van der Waals surface area contributed by atoms with Gasteiger partial charge >= 0.3 is 6.03 Å². The van der Waals surface area contributed by atoms with E-state index in [2.05, 4.69) is 12.2 Å². The van der Waals surface area contributed by atoms with Crippen molar-refractivity contribution in [2.75, 3.05) is 7.05 Å². The molecule has 0 bridgehead atoms. The number of nitrogens with two attached hydrogens (primary N) is 1. The SMILES string of the molecule is CC[C@@H]1C[C@H]1NC(=O)N(C)C1CCC(N)CC1. The van der Waals surface area contributed by atoms with Gasteiger partial charge in [0.2, 0.25) is 0 Å². The average Bonchev–Trinajstić information content (AvgIpc) is 3.07. The fourth-order valence-corrected chi connectivity index (χ4v) is 2.79. The summed E-state index contributed by atoms with van der Waals surface area (Å²) in [5.74, 6) is 0.715. The summed E-state index contributed by atoms with van der Waals surface area (Å²) in [6.45, 7) is 2.18. The van der Waals surface area contributed by atoms with Crippen molar-refractivity contribution in [1.82, 2.24) is 10.2 Å². The fourth-order valence-electron chi connectivity index (χ4n) is 2.79. The number of carbonyl (C=O) groups is 1. The van der Waals surface area contributed by atoms with E-state index in [4.69, 9.17) is 5.73 Å². The van der Waals surface area contributed by atoms with Gasteiger partial charge in [-0.25, -0.2) is 4.79 Å². The molecule has 2 rings (SSSR count). The Labute approximate surface area is 104 Å². The maximum Gasteiger partial charge on any atom is 0.317 e. The number of carbonyl (C=O) groups excluding carboxylic acids is 1. The second kappa shape index (κ2) is 5.25. The summed E-state index contributed by atoms with van der Waals surface area (Å²) in [5, 5.41) is 3.12. The first-order valence-corrected chi connectivity index (χ1v) is 6.90. The standard InChI is InChI=1S/C13H25N3O/c1-3-9-8-12(9)15-13(17)16(2)11-6-4-10(14)5-7-11/h9-12H,3-8,14H2,1-2H3,(H,15,17)/t9-,10?,11?,12-/m1/s1. The first-order valence-electron chi connectivity index (χ1n) is 6.90. The monoisotopic (exact) mass is 239 g/mol. The van der Waals surface area contributed by atoms with E-state index in [1.54, 1.807) is 0 Å². The van der Waals surface area contributed by atoms with Crippen LogP contribution in [0.15, 0.2) is 0 Å². The largest absolute Gasteiger partial charge is 0.335 e. The molecule has 2 fully saturated rings. The molecule has 2 atom stereocenters. The molecule has 2 saturated carbocycles. The molecule has 98 valence electrons. The van der Waals surface area contributed by atoms with E-state index in [-0.39, 0.29) is 6.03 Å². The smallest absolute Gasteiger partial charge is 0.317 e. The van der Waals surface area contributed by atoms with Gasteiger partial charge in [0, 0.05) is 25.2 Å². The Bertz CT molecular complexity index is 274. The Morgan fingerprint density at radius 1 is 1.35 bits per heavy atom. The van der Waals surface area contributed by atoms with Gasteiger partial charge in [0.1, 0.15) is 0 Å². The highest BCUT2D eigenvalue weighted by Gasteiger charge is 2.37. The van der Waals surface area contributed by atoms with Crippen LogP contribution in [0.4, 0.5) is 4.79 Å². The third-order valence-corrected chi connectivity index (χ3v) is 4.37. The molecule has 0 aromatic carbocycles. The maximum atomic E-state index is 12.0. The molecular weight excluding hydrogens is 214 g/mol. The van der Waals surface area contributed by atoms with Gasteiger partial charge in [0.15, 0.2) is 0 Å². The molecule has 2 amide bonds. The van der Waals surface area contributed by atoms with Gasteiger partial charge < -0.3 is 16.0 Å². The predicted octanol–water partition coefficient (Wildman–Crippen LogP) is 1.70. The lowest BCUT2D eigenvalue weighted by Crippen LogP contribution is -2.47. The minimum atomic E-state index is 0.103. The molecule has 0 unspecified atom stereocenters. The van der Waals surface area contributed by atoms with Gasteiger partial charge in [-0.05, 0) is 38.0 Å². The molecule has 0 saturated heterocycles. The van der Waals surface area contributed by atoms with Gasteiger partial charge in [-0.1, -0.05) is 13.3 Å². The van der Waals surface area contributed by atoms with E-state index in [0.29, 0.717) is 24.0 Å². The molecule has 17 heavy (non-hydrogen) atoms. The number of hydrogen-bond donors (Lipinski definition) is 2. The Morgan fingerprint density at radius 2 is 2.00 bits per heavy atom. The first kappa shape index (κ1) is 12.7. The Kier molecular flexibility index (Phi) is 3.92. The van der Waals surface area contributed by atoms with Gasteiger partial charge in [-0.2, -0.15) is 0 Å². The molecule has 2 aliphatic rings. The van der Waals surface area contributed by atoms with Crippen LogP contribution < -0.4 is 11.1 Å². The van der Waals surface area contributed by atoms with Crippen molar-refractivity contribution in [3.05, 3.63) is 0 Å². The van der Waals surface area contributed by atoms with Crippen LogP contribution in [0.1, 0.15) is 45.4 Å². The van der Waals surface area contributed by atoms with Crippen LogP contribution in [-0.2, 0) is 0 Å². The molecule has 0 aromatic rings. The highest BCUT2D eigenvalue weighted by atomic mass is 16.2. The number of urea groups is 1. The summed E-state index contributed by atoms with van der Waals surface area (Å²) in [6.07, 6.45) is 6.52. The van der Waals surface area contributed by atoms with Gasteiger partial charge in [-0.15, -0.1) is 0 Å². The normalized spacial score (nSPS) is 36.4. The van der Waals surface area contributed by atoms with Gasteiger partial charge in [-0.3, -0.25) is 0 Å². The zero-order valence-electron chi connectivity index (χ0n) is 11.0. The molecule has 4 nitrogen and oxygen atoms in total. The lowest BCUT2D eigenvalue weighted by molar-refractivity contribution is 0.169. The van der Waals surface area contributed by atoms with Crippen molar-refractivity contribution in [3.8, 4) is 0 Å². The molecule has 3 N–H and O–H groups in total. The summed E-state index contributed by atoms with van der Waals surface area (Å²) in [7, 11) is 1.92. The van der Waals surface area contributed by atoms with Gasteiger partial charge in [0.25, 0.3) is 0 Å². The topological polar surface area (TPSA) is 58.4 Å². The number of nitrogens with one attached hydrogen (secondary N) is 1.